The molecule has 5 heteroatoms. The number of anilines is 1. The van der Waals surface area contributed by atoms with Gasteiger partial charge in [-0.15, -0.1) is 0 Å². The summed E-state index contributed by atoms with van der Waals surface area (Å²) in [5.74, 6) is 0.180. The van der Waals surface area contributed by atoms with E-state index in [0.29, 0.717) is 11.4 Å². The van der Waals surface area contributed by atoms with Crippen molar-refractivity contribution in [3.63, 3.8) is 0 Å². The number of aryl methyl sites for hydroxylation is 1. The first kappa shape index (κ1) is 12.3. The molecule has 0 saturated carbocycles. The minimum Gasteiger partial charge on any atom is -0.382 e. The Balaban J connectivity index is 2.18. The molecule has 20 heavy (non-hydrogen) atoms. The van der Waals surface area contributed by atoms with Crippen molar-refractivity contribution in [3.8, 4) is 22.4 Å². The molecule has 0 amide bonds. The molecule has 2 aromatic heterocycles. The molecule has 0 atom stereocenters. The topological polar surface area (TPSA) is 67.6 Å². The maximum Gasteiger partial charge on any atom is 0.153 e. The fraction of sp³-hybridized carbons (Fsp3) is 0.0667. The summed E-state index contributed by atoms with van der Waals surface area (Å²) in [5.41, 5.74) is 9.87. The van der Waals surface area contributed by atoms with E-state index in [0.717, 1.165) is 22.4 Å². The Morgan fingerprint density at radius 3 is 2.55 bits per heavy atom. The lowest BCUT2D eigenvalue weighted by molar-refractivity contribution is 0.619. The number of benzene rings is 1. The van der Waals surface area contributed by atoms with Crippen LogP contribution in [0.1, 0.15) is 5.56 Å². The van der Waals surface area contributed by atoms with Crippen LogP contribution >= 0.6 is 0 Å². The monoisotopic (exact) mass is 268 g/mol. The predicted molar refractivity (Wildman–Crippen MR) is 76.4 cm³/mol. The molecular formula is C15H13FN4. The van der Waals surface area contributed by atoms with E-state index in [-0.39, 0.29) is 5.82 Å². The van der Waals surface area contributed by atoms with Gasteiger partial charge in [-0.05, 0) is 48.4 Å². The molecule has 0 bridgehead atoms. The Morgan fingerprint density at radius 2 is 1.85 bits per heavy atom. The molecule has 0 saturated heterocycles. The molecule has 2 heterocycles. The molecule has 1 aromatic carbocycles. The van der Waals surface area contributed by atoms with Crippen LogP contribution in [0.5, 0.6) is 0 Å². The fourth-order valence-electron chi connectivity index (χ4n) is 2.18. The minimum absolute atomic E-state index is 0.230. The maximum atomic E-state index is 13.4. The molecule has 0 aliphatic heterocycles. The predicted octanol–water partition coefficient (Wildman–Crippen LogP) is 3.17. The molecule has 0 aliphatic carbocycles. The molecule has 0 unspecified atom stereocenters. The van der Waals surface area contributed by atoms with Crippen LogP contribution in [-0.4, -0.2) is 15.2 Å². The smallest absolute Gasteiger partial charge is 0.153 e. The lowest BCUT2D eigenvalue weighted by Crippen LogP contribution is -1.90. The molecule has 0 aliphatic rings. The maximum absolute atomic E-state index is 13.4. The van der Waals surface area contributed by atoms with E-state index in [2.05, 4.69) is 15.2 Å². The van der Waals surface area contributed by atoms with Crippen LogP contribution in [0.15, 0.2) is 42.7 Å². The third-order valence-electron chi connectivity index (χ3n) is 3.21. The molecule has 3 N–H and O–H groups in total. The second-order valence-corrected chi connectivity index (χ2v) is 4.56. The van der Waals surface area contributed by atoms with Crippen LogP contribution < -0.4 is 5.73 Å². The zero-order valence-electron chi connectivity index (χ0n) is 10.9. The van der Waals surface area contributed by atoms with Gasteiger partial charge in [0.15, 0.2) is 5.82 Å². The number of halogens is 1. The van der Waals surface area contributed by atoms with Gasteiger partial charge < -0.3 is 5.73 Å². The van der Waals surface area contributed by atoms with Gasteiger partial charge in [0, 0.05) is 18.0 Å². The molecule has 0 fully saturated rings. The minimum atomic E-state index is -0.230. The van der Waals surface area contributed by atoms with Crippen LogP contribution in [0.4, 0.5) is 10.2 Å². The van der Waals surface area contributed by atoms with Crippen LogP contribution in [0.2, 0.25) is 0 Å². The van der Waals surface area contributed by atoms with E-state index in [1.807, 2.05) is 12.1 Å². The van der Waals surface area contributed by atoms with Gasteiger partial charge in [0.1, 0.15) is 5.82 Å². The average Bonchev–Trinajstić information content (AvgIpc) is 2.85. The molecule has 3 rings (SSSR count). The van der Waals surface area contributed by atoms with Gasteiger partial charge >= 0.3 is 0 Å². The summed E-state index contributed by atoms with van der Waals surface area (Å²) in [7, 11) is 0. The molecule has 0 radical (unpaired) electrons. The summed E-state index contributed by atoms with van der Waals surface area (Å²) in [6.07, 6.45) is 3.39. The number of rotatable bonds is 2. The number of aromatic amines is 1. The third-order valence-corrected chi connectivity index (χ3v) is 3.21. The van der Waals surface area contributed by atoms with E-state index in [1.54, 1.807) is 31.5 Å². The summed E-state index contributed by atoms with van der Waals surface area (Å²) in [6, 6.07) is 8.65. The van der Waals surface area contributed by atoms with Crippen molar-refractivity contribution in [1.82, 2.24) is 15.2 Å². The molecule has 0 spiro atoms. The highest BCUT2D eigenvalue weighted by molar-refractivity contribution is 5.87. The Labute approximate surface area is 115 Å². The highest BCUT2D eigenvalue weighted by Crippen LogP contribution is 2.34. The highest BCUT2D eigenvalue weighted by atomic mass is 19.1. The van der Waals surface area contributed by atoms with Gasteiger partial charge in [-0.1, -0.05) is 0 Å². The standard InChI is InChI=1S/C15H13FN4/c1-9-8-11(2-3-12(9)16)14-13(15(17)20-19-14)10-4-6-18-7-5-10/h2-8H,1H3,(H3,17,19,20). The quantitative estimate of drug-likeness (QED) is 0.750. The number of nitrogens with zero attached hydrogens (tertiary/aromatic N) is 2. The third kappa shape index (κ3) is 2.03. The number of pyridine rings is 1. The SMILES string of the molecule is Cc1cc(-c2[nH]nc(N)c2-c2ccncc2)ccc1F. The van der Waals surface area contributed by atoms with E-state index in [4.69, 9.17) is 5.73 Å². The van der Waals surface area contributed by atoms with Crippen molar-refractivity contribution in [2.45, 2.75) is 6.92 Å². The summed E-state index contributed by atoms with van der Waals surface area (Å²) in [5, 5.41) is 6.98. The van der Waals surface area contributed by atoms with Gasteiger partial charge in [0.05, 0.1) is 11.3 Å². The van der Waals surface area contributed by atoms with Crippen molar-refractivity contribution in [2.24, 2.45) is 0 Å². The highest BCUT2D eigenvalue weighted by Gasteiger charge is 2.15. The Hall–Kier alpha value is -2.69. The van der Waals surface area contributed by atoms with Gasteiger partial charge in [-0.2, -0.15) is 5.10 Å². The Kier molecular flexibility index (Phi) is 2.95. The van der Waals surface area contributed by atoms with Crippen molar-refractivity contribution < 1.29 is 4.39 Å². The van der Waals surface area contributed by atoms with E-state index >= 15 is 0 Å². The van der Waals surface area contributed by atoms with Crippen molar-refractivity contribution >= 4 is 5.82 Å². The Morgan fingerprint density at radius 1 is 1.10 bits per heavy atom. The average molecular weight is 268 g/mol. The van der Waals surface area contributed by atoms with E-state index in [9.17, 15) is 4.39 Å². The number of H-pyrrole nitrogens is 1. The number of nitrogens with one attached hydrogen (secondary N) is 1. The van der Waals surface area contributed by atoms with Gasteiger partial charge in [0.25, 0.3) is 0 Å². The largest absolute Gasteiger partial charge is 0.382 e. The number of hydrogen-bond donors (Lipinski definition) is 2. The van der Waals surface area contributed by atoms with Gasteiger partial charge in [-0.3, -0.25) is 10.1 Å². The molecular weight excluding hydrogens is 255 g/mol. The van der Waals surface area contributed by atoms with Crippen LogP contribution in [0.25, 0.3) is 22.4 Å². The second kappa shape index (κ2) is 4.77. The number of aromatic nitrogens is 3. The Bertz CT molecular complexity index is 750. The lowest BCUT2D eigenvalue weighted by Gasteiger charge is -2.06. The summed E-state index contributed by atoms with van der Waals surface area (Å²) < 4.78 is 13.4. The van der Waals surface area contributed by atoms with Gasteiger partial charge in [-0.25, -0.2) is 4.39 Å². The number of nitrogens with two attached hydrogens (primary N) is 1. The van der Waals surface area contributed by atoms with Crippen molar-refractivity contribution in [2.75, 3.05) is 5.73 Å². The van der Waals surface area contributed by atoms with Crippen LogP contribution in [0.3, 0.4) is 0 Å². The number of hydrogen-bond acceptors (Lipinski definition) is 3. The van der Waals surface area contributed by atoms with E-state index < -0.39 is 0 Å². The molecule has 100 valence electrons. The first-order chi connectivity index (χ1) is 9.66. The molecule has 4 nitrogen and oxygen atoms in total. The zero-order chi connectivity index (χ0) is 14.1. The zero-order valence-corrected chi connectivity index (χ0v) is 10.9. The van der Waals surface area contributed by atoms with Crippen molar-refractivity contribution in [1.29, 1.82) is 0 Å². The normalized spacial score (nSPS) is 10.7. The van der Waals surface area contributed by atoms with Crippen LogP contribution in [0, 0.1) is 12.7 Å². The lowest BCUT2D eigenvalue weighted by atomic mass is 10.0. The summed E-state index contributed by atoms with van der Waals surface area (Å²) >= 11 is 0. The molecule has 3 aromatic rings. The van der Waals surface area contributed by atoms with Gasteiger partial charge in [0.2, 0.25) is 0 Å². The first-order valence-electron chi connectivity index (χ1n) is 6.17. The van der Waals surface area contributed by atoms with E-state index in [1.165, 1.54) is 6.07 Å². The fourth-order valence-corrected chi connectivity index (χ4v) is 2.18. The van der Waals surface area contributed by atoms with Crippen LogP contribution in [-0.2, 0) is 0 Å². The summed E-state index contributed by atoms with van der Waals surface area (Å²) in [6.45, 7) is 1.73. The first-order valence-corrected chi connectivity index (χ1v) is 6.17. The van der Waals surface area contributed by atoms with Crippen molar-refractivity contribution in [3.05, 3.63) is 54.1 Å². The summed E-state index contributed by atoms with van der Waals surface area (Å²) in [4.78, 5) is 3.99. The second-order valence-electron chi connectivity index (χ2n) is 4.56. The number of nitrogen functional groups attached to an aromatic ring is 1.